The van der Waals surface area contributed by atoms with Crippen LogP contribution >= 0.6 is 11.3 Å². The first kappa shape index (κ1) is 43.8. The van der Waals surface area contributed by atoms with Gasteiger partial charge in [0.15, 0.2) is 8.07 Å². The quantitative estimate of drug-likeness (QED) is 0.106. The smallest absolute Gasteiger partial charge is 0.179 e. The van der Waals surface area contributed by atoms with Crippen molar-refractivity contribution in [2.45, 2.75) is 0 Å². The average Bonchev–Trinajstić information content (AvgIpc) is 4.25. The van der Waals surface area contributed by atoms with E-state index in [2.05, 4.69) is 299 Å². The Bertz CT molecular complexity index is 4840. The number of hydrogen-bond acceptors (Lipinski definition) is 1. The Labute approximate surface area is 450 Å². The Kier molecular flexibility index (Phi) is 9.83. The molecule has 0 aliphatic rings. The minimum absolute atomic E-state index is 1.12. The molecule has 16 aromatic rings. The summed E-state index contributed by atoms with van der Waals surface area (Å²) in [6.45, 7) is 0. The number of hydrogen-bond donors (Lipinski definition) is 0. The number of thiophene rings is 1. The van der Waals surface area contributed by atoms with Crippen molar-refractivity contribution < 1.29 is 0 Å². The van der Waals surface area contributed by atoms with Crippen LogP contribution in [0, 0.1) is 0 Å². The van der Waals surface area contributed by atoms with E-state index in [1.807, 2.05) is 11.3 Å². The number of para-hydroxylation sites is 3. The molecule has 5 heteroatoms. The second kappa shape index (κ2) is 17.3. The van der Waals surface area contributed by atoms with E-state index in [1.54, 1.807) is 0 Å². The summed E-state index contributed by atoms with van der Waals surface area (Å²) in [6, 6.07) is 107. The molecule has 12 aromatic carbocycles. The third kappa shape index (κ3) is 6.55. The van der Waals surface area contributed by atoms with Gasteiger partial charge in [0.2, 0.25) is 0 Å². The van der Waals surface area contributed by atoms with Gasteiger partial charge in [-0.15, -0.1) is 11.3 Å². The maximum atomic E-state index is 2.51. The highest BCUT2D eigenvalue weighted by molar-refractivity contribution is 7.26. The summed E-state index contributed by atoms with van der Waals surface area (Å²) < 4.78 is 10.1. The van der Waals surface area contributed by atoms with E-state index >= 15 is 0 Å². The third-order valence-electron chi connectivity index (χ3n) is 16.4. The van der Waals surface area contributed by atoms with Crippen LogP contribution in [0.3, 0.4) is 0 Å². The highest BCUT2D eigenvalue weighted by Crippen LogP contribution is 2.44. The maximum absolute atomic E-state index is 2.80. The van der Waals surface area contributed by atoms with E-state index in [0.29, 0.717) is 0 Å². The number of aromatic nitrogens is 3. The fourth-order valence-electron chi connectivity index (χ4n) is 13.1. The molecular weight excluding hydrogens is 967 g/mol. The molecule has 0 radical (unpaired) electrons. The van der Waals surface area contributed by atoms with Crippen molar-refractivity contribution in [1.82, 2.24) is 13.7 Å². The van der Waals surface area contributed by atoms with Crippen molar-refractivity contribution in [3.8, 4) is 28.2 Å². The Morgan fingerprint density at radius 1 is 0.247 bits per heavy atom. The summed E-state index contributed by atoms with van der Waals surface area (Å²) in [5, 5.41) is 15.4. The summed E-state index contributed by atoms with van der Waals surface area (Å²) in [4.78, 5) is 0. The van der Waals surface area contributed by atoms with Crippen LogP contribution in [-0.4, -0.2) is 21.8 Å². The Balaban J connectivity index is 0.926. The number of benzene rings is 12. The predicted octanol–water partition coefficient (Wildman–Crippen LogP) is 16.4. The zero-order valence-corrected chi connectivity index (χ0v) is 43.7. The van der Waals surface area contributed by atoms with Crippen LogP contribution in [0.5, 0.6) is 0 Å². The molecule has 16 rings (SSSR count). The van der Waals surface area contributed by atoms with Gasteiger partial charge >= 0.3 is 0 Å². The molecule has 0 amide bonds. The van der Waals surface area contributed by atoms with E-state index in [9.17, 15) is 0 Å². The highest BCUT2D eigenvalue weighted by Gasteiger charge is 2.41. The summed E-state index contributed by atoms with van der Waals surface area (Å²) in [5.74, 6) is 0. The fourth-order valence-corrected chi connectivity index (χ4v) is 19.1. The van der Waals surface area contributed by atoms with Gasteiger partial charge in [-0.2, -0.15) is 0 Å². The van der Waals surface area contributed by atoms with Crippen LogP contribution < -0.4 is 20.7 Å². The fraction of sp³-hybridized carbons (Fsp3) is 0. The van der Waals surface area contributed by atoms with Gasteiger partial charge in [-0.05, 0) is 111 Å². The van der Waals surface area contributed by atoms with Crippen LogP contribution in [0.2, 0.25) is 0 Å². The summed E-state index contributed by atoms with van der Waals surface area (Å²) in [5.41, 5.74) is 13.0. The van der Waals surface area contributed by atoms with Gasteiger partial charge in [-0.3, -0.25) is 0 Å². The predicted molar refractivity (Wildman–Crippen MR) is 331 cm³/mol. The molecule has 0 unspecified atom stereocenters. The Morgan fingerprint density at radius 3 is 1.23 bits per heavy atom. The highest BCUT2D eigenvalue weighted by atomic mass is 32.1. The first-order chi connectivity index (χ1) is 38.2. The first-order valence-electron chi connectivity index (χ1n) is 26.5. The Hall–Kier alpha value is -9.52. The Morgan fingerprint density at radius 2 is 0.662 bits per heavy atom. The lowest BCUT2D eigenvalue weighted by Gasteiger charge is -2.34. The molecule has 0 bridgehead atoms. The molecule has 0 saturated heterocycles. The van der Waals surface area contributed by atoms with Crippen molar-refractivity contribution in [1.29, 1.82) is 0 Å². The topological polar surface area (TPSA) is 14.8 Å². The maximum Gasteiger partial charge on any atom is 0.179 e. The van der Waals surface area contributed by atoms with E-state index in [0.717, 1.165) is 17.1 Å². The lowest BCUT2D eigenvalue weighted by molar-refractivity contribution is 1.16. The molecule has 77 heavy (non-hydrogen) atoms. The van der Waals surface area contributed by atoms with E-state index in [4.69, 9.17) is 0 Å². The van der Waals surface area contributed by atoms with Crippen LogP contribution in [0.1, 0.15) is 0 Å². The van der Waals surface area contributed by atoms with Crippen LogP contribution in [0.4, 0.5) is 0 Å². The normalized spacial score (nSPS) is 12.2. The lowest BCUT2D eigenvalue weighted by atomic mass is 10.0. The molecule has 4 aromatic heterocycles. The van der Waals surface area contributed by atoms with Gasteiger partial charge in [0, 0.05) is 69.6 Å². The van der Waals surface area contributed by atoms with E-state index in [1.165, 1.54) is 117 Å². The molecular formula is C72H47N3SSi. The molecule has 3 nitrogen and oxygen atoms in total. The largest absolute Gasteiger partial charge is 0.309 e. The van der Waals surface area contributed by atoms with Gasteiger partial charge in [0.05, 0.1) is 33.1 Å². The minimum Gasteiger partial charge on any atom is -0.309 e. The summed E-state index contributed by atoms with van der Waals surface area (Å²) in [7, 11) is -2.80. The summed E-state index contributed by atoms with van der Waals surface area (Å²) >= 11 is 1.89. The second-order valence-electron chi connectivity index (χ2n) is 20.4. The van der Waals surface area contributed by atoms with Crippen molar-refractivity contribution >= 4 is 126 Å². The van der Waals surface area contributed by atoms with Crippen LogP contribution in [-0.2, 0) is 0 Å². The van der Waals surface area contributed by atoms with Gasteiger partial charge in [0.1, 0.15) is 0 Å². The molecule has 0 aliphatic carbocycles. The standard InChI is InChI=1S/C72H47N3SSi/c1-4-21-52(22-5-1)77(53-23-6-2-7-24-53,54-25-8-3-9-26-54)55-27-18-20-49(45-55)73-67-36-16-12-30-59(67)63-47-51(40-42-68(63)73)75-69-43-39-50(74-65-34-14-10-28-57(65)58-29-11-15-35-66(58)74)46-64(69)60-41-38-48(44-70(60)75)56-32-19-33-62-61-31-13-17-37-71(61)76-72(56)62/h1-47H. The molecule has 4 heterocycles. The van der Waals surface area contributed by atoms with Crippen molar-refractivity contribution in [3.05, 3.63) is 285 Å². The molecule has 0 spiro atoms. The molecule has 0 aliphatic heterocycles. The van der Waals surface area contributed by atoms with Crippen LogP contribution in [0.25, 0.3) is 114 Å². The minimum atomic E-state index is -2.80. The van der Waals surface area contributed by atoms with Crippen molar-refractivity contribution in [3.63, 3.8) is 0 Å². The van der Waals surface area contributed by atoms with Crippen LogP contribution in [0.15, 0.2) is 285 Å². The van der Waals surface area contributed by atoms with Crippen molar-refractivity contribution in [2.75, 3.05) is 0 Å². The third-order valence-corrected chi connectivity index (χ3v) is 22.4. The van der Waals surface area contributed by atoms with Gasteiger partial charge in [0.25, 0.3) is 0 Å². The molecule has 0 atom stereocenters. The number of nitrogens with zero attached hydrogens (tertiary/aromatic N) is 3. The molecule has 360 valence electrons. The van der Waals surface area contributed by atoms with E-state index in [-0.39, 0.29) is 0 Å². The van der Waals surface area contributed by atoms with Gasteiger partial charge < -0.3 is 13.7 Å². The average molecular weight is 1010 g/mol. The summed E-state index contributed by atoms with van der Waals surface area (Å²) in [6.07, 6.45) is 0. The van der Waals surface area contributed by atoms with Gasteiger partial charge in [-0.25, -0.2) is 0 Å². The zero-order valence-electron chi connectivity index (χ0n) is 41.9. The molecule has 0 saturated carbocycles. The van der Waals surface area contributed by atoms with E-state index < -0.39 is 8.07 Å². The molecule has 0 fully saturated rings. The number of rotatable bonds is 8. The SMILES string of the molecule is c1ccc([Si](c2ccccc2)(c2ccccc2)c2cccc(-n3c4ccccc4c4cc(-n5c6ccc(-n7c8ccccc8c8ccccc87)cc6c6ccc(-c7cccc8c7sc7ccccc78)cc65)ccc43)c2)cc1. The second-order valence-corrected chi connectivity index (χ2v) is 25.2. The number of fused-ring (bicyclic) bond motifs is 12. The first-order valence-corrected chi connectivity index (χ1v) is 29.3. The lowest BCUT2D eigenvalue weighted by Crippen LogP contribution is -2.74. The monoisotopic (exact) mass is 1010 g/mol. The zero-order chi connectivity index (χ0) is 50.6. The molecule has 0 N–H and O–H groups in total. The van der Waals surface area contributed by atoms with Gasteiger partial charge in [-0.1, -0.05) is 206 Å². The van der Waals surface area contributed by atoms with Crippen molar-refractivity contribution in [2.24, 2.45) is 0 Å².